The number of hydrogen-bond acceptors (Lipinski definition) is 3. The van der Waals surface area contributed by atoms with Crippen molar-refractivity contribution in [2.75, 3.05) is 19.7 Å². The van der Waals surface area contributed by atoms with Gasteiger partial charge in [-0.2, -0.15) is 0 Å². The van der Waals surface area contributed by atoms with Gasteiger partial charge >= 0.3 is 0 Å². The highest BCUT2D eigenvalue weighted by Crippen LogP contribution is 2.19. The minimum Gasteiger partial charge on any atom is -0.395 e. The van der Waals surface area contributed by atoms with Gasteiger partial charge in [-0.05, 0) is 38.4 Å². The molecule has 1 aromatic carbocycles. The molecule has 1 unspecified atom stereocenters. The number of hydrogen-bond donors (Lipinski definition) is 1. The lowest BCUT2D eigenvalue weighted by Gasteiger charge is -2.34. The van der Waals surface area contributed by atoms with E-state index < -0.39 is 0 Å². The first-order valence-electron chi connectivity index (χ1n) is 7.56. The summed E-state index contributed by atoms with van der Waals surface area (Å²) in [5.41, 5.74) is 2.28. The number of nitrogens with zero attached hydrogens (tertiary/aromatic N) is 3. The molecule has 20 heavy (non-hydrogen) atoms. The Morgan fingerprint density at radius 1 is 1.25 bits per heavy atom. The van der Waals surface area contributed by atoms with Gasteiger partial charge in [0.05, 0.1) is 17.6 Å². The van der Waals surface area contributed by atoms with Crippen molar-refractivity contribution >= 4 is 11.0 Å². The molecule has 1 aliphatic heterocycles. The maximum Gasteiger partial charge on any atom is 0.106 e. The lowest BCUT2D eigenvalue weighted by molar-refractivity contribution is 0.0873. The number of aryl methyl sites for hydroxylation is 1. The minimum atomic E-state index is 0.281. The van der Waals surface area contributed by atoms with Gasteiger partial charge in [-0.1, -0.05) is 18.6 Å². The summed E-state index contributed by atoms with van der Waals surface area (Å²) in [7, 11) is 0. The van der Waals surface area contributed by atoms with Crippen molar-refractivity contribution in [1.29, 1.82) is 0 Å². The molecule has 0 bridgehead atoms. The molecule has 4 heteroatoms. The van der Waals surface area contributed by atoms with E-state index in [-0.39, 0.29) is 6.61 Å². The van der Waals surface area contributed by atoms with E-state index >= 15 is 0 Å². The summed E-state index contributed by atoms with van der Waals surface area (Å²) < 4.78 is 2.29. The number of aliphatic hydroxyl groups excluding tert-OH is 1. The molecule has 0 spiro atoms. The van der Waals surface area contributed by atoms with E-state index in [9.17, 15) is 5.11 Å². The predicted molar refractivity (Wildman–Crippen MR) is 80.8 cm³/mol. The lowest BCUT2D eigenvalue weighted by Crippen LogP contribution is -2.43. The molecule has 1 atom stereocenters. The van der Waals surface area contributed by atoms with Crippen molar-refractivity contribution in [2.24, 2.45) is 0 Å². The highest BCUT2D eigenvalue weighted by molar-refractivity contribution is 5.75. The third-order valence-corrected chi connectivity index (χ3v) is 4.42. The topological polar surface area (TPSA) is 41.3 Å². The summed E-state index contributed by atoms with van der Waals surface area (Å²) in [5, 5.41) is 9.48. The average molecular weight is 273 g/mol. The number of piperidine rings is 1. The number of likely N-dealkylation sites (tertiary alicyclic amines) is 1. The maximum atomic E-state index is 9.48. The summed E-state index contributed by atoms with van der Waals surface area (Å²) in [6.45, 7) is 5.40. The smallest absolute Gasteiger partial charge is 0.106 e. The summed E-state index contributed by atoms with van der Waals surface area (Å²) in [5.74, 6) is 1.07. The third kappa shape index (κ3) is 2.58. The van der Waals surface area contributed by atoms with Crippen LogP contribution in [0.1, 0.15) is 25.1 Å². The van der Waals surface area contributed by atoms with Gasteiger partial charge in [-0.15, -0.1) is 0 Å². The Labute approximate surface area is 120 Å². The fourth-order valence-electron chi connectivity index (χ4n) is 3.27. The highest BCUT2D eigenvalue weighted by atomic mass is 16.3. The van der Waals surface area contributed by atoms with Crippen LogP contribution in [0, 0.1) is 6.92 Å². The quantitative estimate of drug-likeness (QED) is 0.928. The molecular weight excluding hydrogens is 250 g/mol. The Morgan fingerprint density at radius 3 is 2.95 bits per heavy atom. The fourth-order valence-corrected chi connectivity index (χ4v) is 3.27. The van der Waals surface area contributed by atoms with Gasteiger partial charge < -0.3 is 9.67 Å². The van der Waals surface area contributed by atoms with Crippen LogP contribution >= 0.6 is 0 Å². The predicted octanol–water partition coefficient (Wildman–Crippen LogP) is 2.19. The Morgan fingerprint density at radius 2 is 2.10 bits per heavy atom. The zero-order valence-electron chi connectivity index (χ0n) is 12.1. The molecule has 1 aromatic heterocycles. The number of rotatable bonds is 4. The summed E-state index contributed by atoms with van der Waals surface area (Å²) in [6, 6.07) is 8.65. The first-order chi connectivity index (χ1) is 9.79. The van der Waals surface area contributed by atoms with Crippen LogP contribution in [0.3, 0.4) is 0 Å². The maximum absolute atomic E-state index is 9.48. The second kappa shape index (κ2) is 5.94. The standard InChI is InChI=1S/C16H23N3O/c1-13-17-15-7-2-3-8-16(15)19(13)11-10-18-9-5-4-6-14(18)12-20/h2-3,7-8,14,20H,4-6,9-12H2,1H3. The van der Waals surface area contributed by atoms with Gasteiger partial charge in [0, 0.05) is 19.1 Å². The molecule has 0 saturated carbocycles. The first-order valence-corrected chi connectivity index (χ1v) is 7.56. The van der Waals surface area contributed by atoms with Crippen molar-refractivity contribution in [1.82, 2.24) is 14.5 Å². The van der Waals surface area contributed by atoms with Crippen LogP contribution in [-0.4, -0.2) is 45.3 Å². The van der Waals surface area contributed by atoms with Crippen molar-refractivity contribution in [3.63, 3.8) is 0 Å². The zero-order valence-corrected chi connectivity index (χ0v) is 12.1. The highest BCUT2D eigenvalue weighted by Gasteiger charge is 2.21. The number of aromatic nitrogens is 2. The molecule has 1 saturated heterocycles. The SMILES string of the molecule is Cc1nc2ccccc2n1CCN1CCCCC1CO. The van der Waals surface area contributed by atoms with Crippen molar-refractivity contribution in [3.05, 3.63) is 30.1 Å². The molecule has 1 aliphatic rings. The zero-order chi connectivity index (χ0) is 13.9. The Hall–Kier alpha value is -1.39. The third-order valence-electron chi connectivity index (χ3n) is 4.42. The first kappa shape index (κ1) is 13.6. The van der Waals surface area contributed by atoms with E-state index in [1.807, 2.05) is 6.07 Å². The molecule has 3 rings (SSSR count). The molecule has 0 radical (unpaired) electrons. The minimum absolute atomic E-state index is 0.281. The van der Waals surface area contributed by atoms with Crippen LogP contribution in [0.2, 0.25) is 0 Å². The van der Waals surface area contributed by atoms with Gasteiger partial charge in [0.25, 0.3) is 0 Å². The van der Waals surface area contributed by atoms with E-state index in [4.69, 9.17) is 0 Å². The van der Waals surface area contributed by atoms with E-state index in [1.165, 1.54) is 18.4 Å². The largest absolute Gasteiger partial charge is 0.395 e. The van der Waals surface area contributed by atoms with Crippen LogP contribution in [0.5, 0.6) is 0 Å². The fraction of sp³-hybridized carbons (Fsp3) is 0.562. The Kier molecular flexibility index (Phi) is 4.03. The monoisotopic (exact) mass is 273 g/mol. The Balaban J connectivity index is 1.74. The summed E-state index contributed by atoms with van der Waals surface area (Å²) in [6.07, 6.45) is 3.62. The molecular formula is C16H23N3O. The number of benzene rings is 1. The van der Waals surface area contributed by atoms with Crippen LogP contribution in [0.25, 0.3) is 11.0 Å². The number of imidazole rings is 1. The Bertz CT molecular complexity index is 578. The molecule has 2 aromatic rings. The van der Waals surface area contributed by atoms with Crippen LogP contribution in [-0.2, 0) is 6.54 Å². The summed E-state index contributed by atoms with van der Waals surface area (Å²) in [4.78, 5) is 7.04. The average Bonchev–Trinajstić information content (AvgIpc) is 2.81. The van der Waals surface area contributed by atoms with Gasteiger partial charge in [-0.3, -0.25) is 4.90 Å². The molecule has 0 aliphatic carbocycles. The number of fused-ring (bicyclic) bond motifs is 1. The molecule has 1 fully saturated rings. The van der Waals surface area contributed by atoms with E-state index in [1.54, 1.807) is 0 Å². The van der Waals surface area contributed by atoms with Gasteiger partial charge in [0.15, 0.2) is 0 Å². The van der Waals surface area contributed by atoms with Crippen molar-refractivity contribution in [2.45, 2.75) is 38.8 Å². The molecule has 2 heterocycles. The second-order valence-corrected chi connectivity index (χ2v) is 5.67. The van der Waals surface area contributed by atoms with E-state index in [0.717, 1.165) is 37.4 Å². The number of para-hydroxylation sites is 2. The molecule has 108 valence electrons. The lowest BCUT2D eigenvalue weighted by atomic mass is 10.0. The van der Waals surface area contributed by atoms with Gasteiger partial charge in [0.2, 0.25) is 0 Å². The van der Waals surface area contributed by atoms with E-state index in [2.05, 4.69) is 39.6 Å². The summed E-state index contributed by atoms with van der Waals surface area (Å²) >= 11 is 0. The van der Waals surface area contributed by atoms with Crippen molar-refractivity contribution < 1.29 is 5.11 Å². The molecule has 0 amide bonds. The van der Waals surface area contributed by atoms with Crippen molar-refractivity contribution in [3.8, 4) is 0 Å². The molecule has 4 nitrogen and oxygen atoms in total. The molecule has 1 N–H and O–H groups in total. The second-order valence-electron chi connectivity index (χ2n) is 5.67. The van der Waals surface area contributed by atoms with Crippen LogP contribution in [0.15, 0.2) is 24.3 Å². The van der Waals surface area contributed by atoms with Crippen LogP contribution in [0.4, 0.5) is 0 Å². The van der Waals surface area contributed by atoms with Gasteiger partial charge in [0.1, 0.15) is 5.82 Å². The number of aliphatic hydroxyl groups is 1. The van der Waals surface area contributed by atoms with E-state index in [0.29, 0.717) is 6.04 Å². The van der Waals surface area contributed by atoms with Gasteiger partial charge in [-0.25, -0.2) is 4.98 Å². The normalized spacial score (nSPS) is 20.6. The van der Waals surface area contributed by atoms with Crippen LogP contribution < -0.4 is 0 Å².